The number of benzene rings is 2. The predicted molar refractivity (Wildman–Crippen MR) is 140 cm³/mol. The normalized spacial score (nSPS) is 14.1. The number of nitrogens with zero attached hydrogens (tertiary/aromatic N) is 6. The van der Waals surface area contributed by atoms with Crippen LogP contribution in [-0.4, -0.2) is 88.4 Å². The van der Waals surface area contributed by atoms with Gasteiger partial charge >= 0.3 is 0 Å². The maximum Gasteiger partial charge on any atom is 0.253 e. The molecule has 3 heterocycles. The number of likely N-dealkylation sites (N-methyl/N-ethyl adjacent to an activating group) is 1. The van der Waals surface area contributed by atoms with E-state index in [4.69, 9.17) is 4.98 Å². The van der Waals surface area contributed by atoms with Gasteiger partial charge in [0.2, 0.25) is 5.95 Å². The number of amides is 2. The van der Waals surface area contributed by atoms with Crippen molar-refractivity contribution >= 4 is 29.1 Å². The number of carbonyl (C=O) groups is 2. The van der Waals surface area contributed by atoms with Crippen LogP contribution < -0.4 is 5.32 Å². The molecule has 5 rings (SSSR count). The van der Waals surface area contributed by atoms with Crippen molar-refractivity contribution in [3.8, 4) is 11.1 Å². The molecule has 2 aromatic carbocycles. The van der Waals surface area contributed by atoms with Crippen LogP contribution in [0.15, 0.2) is 66.9 Å². The summed E-state index contributed by atoms with van der Waals surface area (Å²) in [5.41, 5.74) is 4.67. The van der Waals surface area contributed by atoms with Crippen molar-refractivity contribution in [3.05, 3.63) is 78.0 Å². The Labute approximate surface area is 210 Å². The van der Waals surface area contributed by atoms with Gasteiger partial charge in [0.1, 0.15) is 0 Å². The molecule has 2 amide bonds. The number of hydrogen-bond acceptors (Lipinski definition) is 6. The van der Waals surface area contributed by atoms with E-state index in [1.165, 1.54) is 0 Å². The Hall–Kier alpha value is -4.24. The smallest absolute Gasteiger partial charge is 0.253 e. The monoisotopic (exact) mass is 483 g/mol. The second kappa shape index (κ2) is 9.79. The highest BCUT2D eigenvalue weighted by Gasteiger charge is 2.20. The first kappa shape index (κ1) is 23.5. The zero-order valence-electron chi connectivity index (χ0n) is 20.7. The maximum absolute atomic E-state index is 12.8. The lowest BCUT2D eigenvalue weighted by Crippen LogP contribution is -2.47. The molecule has 1 N–H and O–H groups in total. The van der Waals surface area contributed by atoms with Gasteiger partial charge in [0.15, 0.2) is 5.65 Å². The number of hydrogen-bond donors (Lipinski definition) is 1. The van der Waals surface area contributed by atoms with Crippen LogP contribution in [0.3, 0.4) is 0 Å². The molecule has 4 aromatic rings. The molecule has 1 aliphatic rings. The molecule has 9 nitrogen and oxygen atoms in total. The van der Waals surface area contributed by atoms with Crippen LogP contribution in [0.1, 0.15) is 20.7 Å². The molecule has 2 aromatic heterocycles. The Bertz CT molecular complexity index is 1390. The fourth-order valence-electron chi connectivity index (χ4n) is 4.25. The lowest BCUT2D eigenvalue weighted by atomic mass is 10.0. The summed E-state index contributed by atoms with van der Waals surface area (Å²) >= 11 is 0. The van der Waals surface area contributed by atoms with E-state index >= 15 is 0 Å². The third-order valence-electron chi connectivity index (χ3n) is 6.39. The van der Waals surface area contributed by atoms with Crippen LogP contribution in [0, 0.1) is 0 Å². The highest BCUT2D eigenvalue weighted by molar-refractivity contribution is 5.95. The molecule has 0 spiro atoms. The zero-order valence-corrected chi connectivity index (χ0v) is 20.7. The Balaban J connectivity index is 1.33. The van der Waals surface area contributed by atoms with Crippen LogP contribution in [0.5, 0.6) is 0 Å². The van der Waals surface area contributed by atoms with Gasteiger partial charge in [0.25, 0.3) is 11.8 Å². The summed E-state index contributed by atoms with van der Waals surface area (Å²) in [5, 5.41) is 7.79. The minimum Gasteiger partial charge on any atom is -0.345 e. The molecule has 0 unspecified atom stereocenters. The minimum atomic E-state index is -0.0371. The first-order valence-corrected chi connectivity index (χ1v) is 11.9. The van der Waals surface area contributed by atoms with Crippen molar-refractivity contribution in [2.75, 3.05) is 52.6 Å². The van der Waals surface area contributed by atoms with Gasteiger partial charge in [-0.25, -0.2) is 4.52 Å². The molecular weight excluding hydrogens is 454 g/mol. The minimum absolute atomic E-state index is 0.0371. The molecule has 184 valence electrons. The fourth-order valence-corrected chi connectivity index (χ4v) is 4.25. The summed E-state index contributed by atoms with van der Waals surface area (Å²) in [6.45, 7) is 3.28. The number of carbonyl (C=O) groups excluding carboxylic acids is 2. The number of pyridine rings is 1. The van der Waals surface area contributed by atoms with E-state index in [-0.39, 0.29) is 11.8 Å². The molecule has 0 saturated carbocycles. The first-order valence-electron chi connectivity index (χ1n) is 11.9. The number of rotatable bonds is 5. The van der Waals surface area contributed by atoms with Crippen molar-refractivity contribution in [2.24, 2.45) is 0 Å². The Morgan fingerprint density at radius 3 is 2.22 bits per heavy atom. The molecule has 0 radical (unpaired) electrons. The second-order valence-electron chi connectivity index (χ2n) is 9.20. The molecule has 1 aliphatic heterocycles. The van der Waals surface area contributed by atoms with Gasteiger partial charge in [0, 0.05) is 68.8 Å². The van der Waals surface area contributed by atoms with Crippen LogP contribution >= 0.6 is 0 Å². The molecule has 1 fully saturated rings. The van der Waals surface area contributed by atoms with Crippen LogP contribution in [-0.2, 0) is 0 Å². The van der Waals surface area contributed by atoms with Gasteiger partial charge in [-0.15, -0.1) is 5.10 Å². The van der Waals surface area contributed by atoms with Gasteiger partial charge in [-0.05, 0) is 61.1 Å². The van der Waals surface area contributed by atoms with E-state index in [1.807, 2.05) is 71.8 Å². The fraction of sp³-hybridized carbons (Fsp3) is 0.259. The van der Waals surface area contributed by atoms with Crippen LogP contribution in [0.4, 0.5) is 11.6 Å². The summed E-state index contributed by atoms with van der Waals surface area (Å²) in [4.78, 5) is 35.4. The predicted octanol–water partition coefficient (Wildman–Crippen LogP) is 3.23. The summed E-state index contributed by atoms with van der Waals surface area (Å²) in [6, 6.07) is 18.8. The van der Waals surface area contributed by atoms with Gasteiger partial charge in [-0.3, -0.25) is 9.59 Å². The highest BCUT2D eigenvalue weighted by Crippen LogP contribution is 2.26. The standard InChI is InChI=1S/C27H29N7O2/c1-31(2)25(35)20-8-6-19(7-9-20)23-5-4-14-34-24(23)29-27(30-34)28-22-12-10-21(11-13-22)26(36)33-17-15-32(3)16-18-33/h4-14H,15-18H2,1-3H3,(H,28,30). The average molecular weight is 484 g/mol. The number of fused-ring (bicyclic) bond motifs is 1. The van der Waals surface area contributed by atoms with E-state index in [0.29, 0.717) is 22.7 Å². The van der Waals surface area contributed by atoms with E-state index in [0.717, 1.165) is 43.0 Å². The molecular formula is C27H29N7O2. The first-order chi connectivity index (χ1) is 17.4. The Morgan fingerprint density at radius 2 is 1.56 bits per heavy atom. The molecule has 0 aliphatic carbocycles. The van der Waals surface area contributed by atoms with Crippen LogP contribution in [0.2, 0.25) is 0 Å². The van der Waals surface area contributed by atoms with Crippen molar-refractivity contribution < 1.29 is 9.59 Å². The van der Waals surface area contributed by atoms with Gasteiger partial charge in [-0.1, -0.05) is 12.1 Å². The maximum atomic E-state index is 12.8. The third-order valence-corrected chi connectivity index (χ3v) is 6.39. The van der Waals surface area contributed by atoms with Gasteiger partial charge in [0.05, 0.1) is 0 Å². The summed E-state index contributed by atoms with van der Waals surface area (Å²) in [5.74, 6) is 0.480. The molecule has 0 bridgehead atoms. The second-order valence-corrected chi connectivity index (χ2v) is 9.20. The van der Waals surface area contributed by atoms with Gasteiger partial charge < -0.3 is 20.0 Å². The third kappa shape index (κ3) is 4.78. The molecule has 1 saturated heterocycles. The number of piperazine rings is 1. The van der Waals surface area contributed by atoms with Crippen molar-refractivity contribution in [2.45, 2.75) is 0 Å². The van der Waals surface area contributed by atoms with E-state index in [9.17, 15) is 9.59 Å². The summed E-state index contributed by atoms with van der Waals surface area (Å²) in [7, 11) is 5.55. The summed E-state index contributed by atoms with van der Waals surface area (Å²) < 4.78 is 1.72. The molecule has 0 atom stereocenters. The zero-order chi connectivity index (χ0) is 25.2. The lowest BCUT2D eigenvalue weighted by molar-refractivity contribution is 0.0664. The Kier molecular flexibility index (Phi) is 6.39. The number of anilines is 2. The number of nitrogens with one attached hydrogen (secondary N) is 1. The topological polar surface area (TPSA) is 86.1 Å². The van der Waals surface area contributed by atoms with Crippen molar-refractivity contribution in [1.29, 1.82) is 0 Å². The average Bonchev–Trinajstić information content (AvgIpc) is 3.31. The number of aromatic nitrogens is 3. The molecule has 36 heavy (non-hydrogen) atoms. The van der Waals surface area contributed by atoms with E-state index in [1.54, 1.807) is 23.5 Å². The van der Waals surface area contributed by atoms with E-state index < -0.39 is 0 Å². The van der Waals surface area contributed by atoms with Gasteiger partial charge in [-0.2, -0.15) is 4.98 Å². The summed E-state index contributed by atoms with van der Waals surface area (Å²) in [6.07, 6.45) is 1.85. The van der Waals surface area contributed by atoms with E-state index in [2.05, 4.69) is 22.4 Å². The molecule has 9 heteroatoms. The van der Waals surface area contributed by atoms with Crippen molar-refractivity contribution in [3.63, 3.8) is 0 Å². The van der Waals surface area contributed by atoms with Crippen molar-refractivity contribution in [1.82, 2.24) is 29.3 Å². The SMILES string of the molecule is CN1CCN(C(=O)c2ccc(Nc3nc4c(-c5ccc(C(=O)N(C)C)cc5)cccn4n3)cc2)CC1. The van der Waals surface area contributed by atoms with Crippen LogP contribution in [0.25, 0.3) is 16.8 Å². The highest BCUT2D eigenvalue weighted by atomic mass is 16.2. The lowest BCUT2D eigenvalue weighted by Gasteiger charge is -2.32. The Morgan fingerprint density at radius 1 is 0.889 bits per heavy atom. The largest absolute Gasteiger partial charge is 0.345 e. The quantitative estimate of drug-likeness (QED) is 0.469.